The van der Waals surface area contributed by atoms with Crippen molar-refractivity contribution in [2.45, 2.75) is 144 Å². The van der Waals surface area contributed by atoms with Gasteiger partial charge < -0.3 is 20.5 Å². The van der Waals surface area contributed by atoms with Gasteiger partial charge in [0, 0.05) is 18.4 Å². The van der Waals surface area contributed by atoms with Crippen molar-refractivity contribution in [3.8, 4) is 0 Å². The third-order valence-electron chi connectivity index (χ3n) is 16.1. The third kappa shape index (κ3) is 6.99. The molecular formula is C45H66N2O6. The molecule has 3 unspecified atom stereocenters. The largest absolute Gasteiger partial charge is 0.480 e. The van der Waals surface area contributed by atoms with Crippen molar-refractivity contribution >= 4 is 23.8 Å². The van der Waals surface area contributed by atoms with E-state index in [0.717, 1.165) is 77.0 Å². The summed E-state index contributed by atoms with van der Waals surface area (Å²) in [4.78, 5) is 50.2. The monoisotopic (exact) mass is 730 g/mol. The molecule has 8 heteroatoms. The number of benzene rings is 1. The smallest absolute Gasteiger partial charge is 0.338 e. The Morgan fingerprint density at radius 1 is 0.811 bits per heavy atom. The molecule has 6 rings (SSSR count). The molecule has 2 amide bonds. The molecule has 0 spiro atoms. The summed E-state index contributed by atoms with van der Waals surface area (Å²) in [6.07, 6.45) is 15.3. The minimum Gasteiger partial charge on any atom is -0.480 e. The summed E-state index contributed by atoms with van der Waals surface area (Å²) < 4.78 is 6.32. The topological polar surface area (TPSA) is 122 Å². The van der Waals surface area contributed by atoms with Gasteiger partial charge in [-0.3, -0.25) is 14.4 Å². The highest BCUT2D eigenvalue weighted by Gasteiger charge is 2.69. The molecule has 0 aliphatic heterocycles. The van der Waals surface area contributed by atoms with E-state index in [1.807, 2.05) is 30.3 Å². The molecule has 0 bridgehead atoms. The summed E-state index contributed by atoms with van der Waals surface area (Å²) >= 11 is 0. The van der Waals surface area contributed by atoms with Crippen LogP contribution in [0.1, 0.15) is 149 Å². The van der Waals surface area contributed by atoms with Gasteiger partial charge in [-0.2, -0.15) is 0 Å². The first-order chi connectivity index (χ1) is 24.9. The number of amides is 2. The van der Waals surface area contributed by atoms with E-state index in [4.69, 9.17) is 9.84 Å². The van der Waals surface area contributed by atoms with Crippen molar-refractivity contribution < 1.29 is 29.0 Å². The van der Waals surface area contributed by atoms with Crippen molar-refractivity contribution in [1.29, 1.82) is 0 Å². The zero-order valence-electron chi connectivity index (χ0n) is 33.6. The van der Waals surface area contributed by atoms with E-state index in [0.29, 0.717) is 36.8 Å². The van der Waals surface area contributed by atoms with Crippen LogP contribution in [0, 0.1) is 50.2 Å². The Bertz CT molecular complexity index is 1600. The number of carboxylic acids is 1. The van der Waals surface area contributed by atoms with Crippen LogP contribution in [0.2, 0.25) is 0 Å². The molecular weight excluding hydrogens is 665 g/mol. The second-order valence-corrected chi connectivity index (χ2v) is 19.7. The number of carbonyl (C=O) groups excluding carboxylic acids is 3. The van der Waals surface area contributed by atoms with Crippen molar-refractivity contribution in [2.75, 3.05) is 13.1 Å². The Kier molecular flexibility index (Phi) is 10.8. The SMILES string of the molecule is CC1(C)CC[C@]2(C(=O)NCCCCCC(=O)NCC(=O)O)CC[C@]3(C)C(=CCC4[C@@]5(C)CC[C@H](OC(=O)c6ccccc6)C(C)(C)C5CC[C@]43C)C2C1. The Morgan fingerprint density at radius 2 is 1.53 bits per heavy atom. The lowest BCUT2D eigenvalue weighted by atomic mass is 9.33. The Morgan fingerprint density at radius 3 is 2.25 bits per heavy atom. The maximum atomic E-state index is 14.4. The molecule has 0 heterocycles. The Labute approximate surface area is 318 Å². The van der Waals surface area contributed by atoms with Crippen LogP contribution in [0.3, 0.4) is 0 Å². The molecule has 0 aromatic heterocycles. The first kappa shape index (κ1) is 39.5. The fourth-order valence-corrected chi connectivity index (χ4v) is 12.8. The number of esters is 1. The van der Waals surface area contributed by atoms with Gasteiger partial charge >= 0.3 is 11.9 Å². The average molecular weight is 731 g/mol. The van der Waals surface area contributed by atoms with Gasteiger partial charge in [0.05, 0.1) is 11.0 Å². The molecule has 8 nitrogen and oxygen atoms in total. The molecule has 8 atom stereocenters. The van der Waals surface area contributed by atoms with Gasteiger partial charge in [0.15, 0.2) is 0 Å². The lowest BCUT2D eigenvalue weighted by molar-refractivity contribution is -0.204. The highest BCUT2D eigenvalue weighted by atomic mass is 16.5. The minimum atomic E-state index is -1.04. The zero-order valence-corrected chi connectivity index (χ0v) is 33.6. The van der Waals surface area contributed by atoms with Crippen molar-refractivity contribution in [1.82, 2.24) is 10.6 Å². The zero-order chi connectivity index (χ0) is 38.5. The summed E-state index contributed by atoms with van der Waals surface area (Å²) in [5.74, 6) is -0.0712. The number of carbonyl (C=O) groups is 4. The van der Waals surface area contributed by atoms with Crippen molar-refractivity contribution in [3.63, 3.8) is 0 Å². The second kappa shape index (κ2) is 14.5. The molecule has 5 aliphatic rings. The van der Waals surface area contributed by atoms with E-state index in [9.17, 15) is 19.2 Å². The summed E-state index contributed by atoms with van der Waals surface area (Å²) in [6, 6.07) is 9.40. The van der Waals surface area contributed by atoms with Crippen LogP contribution >= 0.6 is 0 Å². The van der Waals surface area contributed by atoms with Crippen LogP contribution in [0.25, 0.3) is 0 Å². The summed E-state index contributed by atoms with van der Waals surface area (Å²) in [7, 11) is 0. The maximum absolute atomic E-state index is 14.4. The molecule has 53 heavy (non-hydrogen) atoms. The van der Waals surface area contributed by atoms with Gasteiger partial charge in [0.25, 0.3) is 0 Å². The van der Waals surface area contributed by atoms with E-state index in [2.05, 4.69) is 65.2 Å². The van der Waals surface area contributed by atoms with E-state index in [-0.39, 0.29) is 68.8 Å². The van der Waals surface area contributed by atoms with Gasteiger partial charge in [0.1, 0.15) is 12.6 Å². The predicted octanol–water partition coefficient (Wildman–Crippen LogP) is 8.89. The molecule has 1 aromatic carbocycles. The van der Waals surface area contributed by atoms with Crippen LogP contribution in [-0.4, -0.2) is 48.1 Å². The number of ether oxygens (including phenoxy) is 1. The predicted molar refractivity (Wildman–Crippen MR) is 207 cm³/mol. The number of fused-ring (bicyclic) bond motifs is 7. The van der Waals surface area contributed by atoms with E-state index in [1.54, 1.807) is 5.57 Å². The minimum absolute atomic E-state index is 0.0216. The van der Waals surface area contributed by atoms with Gasteiger partial charge in [-0.25, -0.2) is 4.79 Å². The molecule has 292 valence electrons. The number of carboxylic acid groups (broad SMARTS) is 1. The summed E-state index contributed by atoms with van der Waals surface area (Å²) in [5.41, 5.74) is 2.11. The lowest BCUT2D eigenvalue weighted by Gasteiger charge is -2.71. The second-order valence-electron chi connectivity index (χ2n) is 19.7. The number of allylic oxidation sites excluding steroid dienone is 2. The highest BCUT2D eigenvalue weighted by Crippen LogP contribution is 2.76. The maximum Gasteiger partial charge on any atom is 0.338 e. The molecule has 3 N–H and O–H groups in total. The molecule has 4 saturated carbocycles. The number of hydrogen-bond acceptors (Lipinski definition) is 5. The fraction of sp³-hybridized carbons (Fsp3) is 0.733. The van der Waals surface area contributed by atoms with Crippen LogP contribution in [0.5, 0.6) is 0 Å². The third-order valence-corrected chi connectivity index (χ3v) is 16.1. The normalized spacial score (nSPS) is 36.6. The average Bonchev–Trinajstić information content (AvgIpc) is 3.10. The Hall–Kier alpha value is -3.16. The molecule has 5 aliphatic carbocycles. The molecule has 0 saturated heterocycles. The number of rotatable bonds is 11. The molecule has 0 radical (unpaired) electrons. The van der Waals surface area contributed by atoms with E-state index in [1.165, 1.54) is 0 Å². The highest BCUT2D eigenvalue weighted by molar-refractivity contribution is 5.89. The van der Waals surface area contributed by atoms with Crippen molar-refractivity contribution in [3.05, 3.63) is 47.5 Å². The first-order valence-corrected chi connectivity index (χ1v) is 20.6. The number of aliphatic carboxylic acids is 1. The van der Waals surface area contributed by atoms with Crippen LogP contribution in [-0.2, 0) is 19.1 Å². The van der Waals surface area contributed by atoms with Gasteiger partial charge in [-0.1, -0.05) is 84.7 Å². The van der Waals surface area contributed by atoms with Gasteiger partial charge in [0.2, 0.25) is 11.8 Å². The van der Waals surface area contributed by atoms with E-state index >= 15 is 0 Å². The summed E-state index contributed by atoms with van der Waals surface area (Å²) in [5, 5.41) is 14.6. The van der Waals surface area contributed by atoms with Crippen LogP contribution in [0.4, 0.5) is 0 Å². The summed E-state index contributed by atoms with van der Waals surface area (Å²) in [6.45, 7) is 17.4. The van der Waals surface area contributed by atoms with Gasteiger partial charge in [-0.05, 0) is 129 Å². The number of unbranched alkanes of at least 4 members (excludes halogenated alkanes) is 2. The van der Waals surface area contributed by atoms with Gasteiger partial charge in [-0.15, -0.1) is 0 Å². The Balaban J connectivity index is 1.18. The molecule has 4 fully saturated rings. The lowest BCUT2D eigenvalue weighted by Crippen LogP contribution is -2.65. The number of nitrogens with one attached hydrogen (secondary N) is 2. The first-order valence-electron chi connectivity index (χ1n) is 20.6. The van der Waals surface area contributed by atoms with Crippen LogP contribution < -0.4 is 10.6 Å². The fourth-order valence-electron chi connectivity index (χ4n) is 12.8. The quantitative estimate of drug-likeness (QED) is 0.119. The standard InChI is InChI=1S/C45H66N2O6/c1-40(2)23-25-45(39(52)46-27-13-9-12-16-36(48)47-29-37(49)50)26-24-43(6)31(32(45)28-40)17-18-34-42(5)21-20-35(53-38(51)30-14-10-8-11-15-30)41(3,4)33(42)19-22-44(34,43)7/h8,10-11,14-15,17,32-35H,9,12-13,16,18-29H2,1-7H3,(H,46,52)(H,47,48)(H,49,50)/t32?,33?,34?,35-,42-,43+,44+,45-/m0/s1. The van der Waals surface area contributed by atoms with Crippen LogP contribution in [0.15, 0.2) is 42.0 Å². The van der Waals surface area contributed by atoms with E-state index < -0.39 is 5.97 Å². The molecule has 1 aromatic rings. The number of hydrogen-bond donors (Lipinski definition) is 3. The van der Waals surface area contributed by atoms with Crippen molar-refractivity contribution in [2.24, 2.45) is 50.2 Å².